The SMILES string of the molecule is O=C(c1ccc2c(c1)OCCO2)C1CCN(Cc2c(F)cccc2Cl)CC1. The molecule has 1 saturated heterocycles. The molecule has 0 aliphatic carbocycles. The number of nitrogens with zero attached hydrogens (tertiary/aromatic N) is 1. The smallest absolute Gasteiger partial charge is 0.166 e. The summed E-state index contributed by atoms with van der Waals surface area (Å²) in [6.07, 6.45) is 1.50. The molecule has 0 saturated carbocycles. The number of Topliss-reactive ketones (excluding diaryl/α,β-unsaturated/α-hetero) is 1. The lowest BCUT2D eigenvalue weighted by Gasteiger charge is -2.31. The molecule has 1 fully saturated rings. The highest BCUT2D eigenvalue weighted by Gasteiger charge is 2.27. The molecule has 27 heavy (non-hydrogen) atoms. The minimum Gasteiger partial charge on any atom is -0.486 e. The zero-order chi connectivity index (χ0) is 18.8. The lowest BCUT2D eigenvalue weighted by Crippen LogP contribution is -2.36. The first-order chi connectivity index (χ1) is 13.1. The highest BCUT2D eigenvalue weighted by molar-refractivity contribution is 6.31. The van der Waals surface area contributed by atoms with E-state index >= 15 is 0 Å². The van der Waals surface area contributed by atoms with E-state index in [1.54, 1.807) is 30.3 Å². The van der Waals surface area contributed by atoms with Crippen molar-refractivity contribution in [2.75, 3.05) is 26.3 Å². The van der Waals surface area contributed by atoms with Crippen molar-refractivity contribution in [2.45, 2.75) is 19.4 Å². The first-order valence-corrected chi connectivity index (χ1v) is 9.59. The number of rotatable bonds is 4. The van der Waals surface area contributed by atoms with Gasteiger partial charge in [-0.2, -0.15) is 0 Å². The quantitative estimate of drug-likeness (QED) is 0.729. The molecule has 0 amide bonds. The maximum Gasteiger partial charge on any atom is 0.166 e. The third-order valence-electron chi connectivity index (χ3n) is 5.23. The lowest BCUT2D eigenvalue weighted by atomic mass is 9.88. The maximum atomic E-state index is 14.0. The van der Waals surface area contributed by atoms with Crippen molar-refractivity contribution in [1.29, 1.82) is 0 Å². The summed E-state index contributed by atoms with van der Waals surface area (Å²) in [6, 6.07) is 10.1. The Hall–Kier alpha value is -2.11. The van der Waals surface area contributed by atoms with Crippen LogP contribution in [0.5, 0.6) is 11.5 Å². The van der Waals surface area contributed by atoms with Crippen LogP contribution < -0.4 is 9.47 Å². The predicted octanol–water partition coefficient (Wildman–Crippen LogP) is 4.35. The Morgan fingerprint density at radius 1 is 1.11 bits per heavy atom. The molecule has 0 aromatic heterocycles. The molecule has 2 aromatic rings. The third-order valence-corrected chi connectivity index (χ3v) is 5.58. The minimum atomic E-state index is -0.281. The molecular weight excluding hydrogens is 369 g/mol. The van der Waals surface area contributed by atoms with Gasteiger partial charge < -0.3 is 9.47 Å². The van der Waals surface area contributed by atoms with Crippen molar-refractivity contribution in [3.05, 3.63) is 58.4 Å². The van der Waals surface area contributed by atoms with E-state index in [-0.39, 0.29) is 17.5 Å². The van der Waals surface area contributed by atoms with Gasteiger partial charge in [0.15, 0.2) is 17.3 Å². The molecule has 0 N–H and O–H groups in total. The number of ketones is 1. The predicted molar refractivity (Wildman–Crippen MR) is 101 cm³/mol. The number of fused-ring (bicyclic) bond motifs is 1. The molecule has 0 unspecified atom stereocenters. The van der Waals surface area contributed by atoms with Gasteiger partial charge in [-0.25, -0.2) is 4.39 Å². The third kappa shape index (κ3) is 3.94. The van der Waals surface area contributed by atoms with Crippen LogP contribution in [0.3, 0.4) is 0 Å². The van der Waals surface area contributed by atoms with Crippen LogP contribution >= 0.6 is 11.6 Å². The topological polar surface area (TPSA) is 38.8 Å². The van der Waals surface area contributed by atoms with E-state index in [0.717, 1.165) is 25.9 Å². The fraction of sp³-hybridized carbons (Fsp3) is 0.381. The number of carbonyl (C=O) groups excluding carboxylic acids is 1. The number of likely N-dealkylation sites (tertiary alicyclic amines) is 1. The number of carbonyl (C=O) groups is 1. The lowest BCUT2D eigenvalue weighted by molar-refractivity contribution is 0.0832. The van der Waals surface area contributed by atoms with Crippen molar-refractivity contribution < 1.29 is 18.7 Å². The number of benzene rings is 2. The average molecular weight is 390 g/mol. The molecule has 4 rings (SSSR count). The van der Waals surface area contributed by atoms with Gasteiger partial charge >= 0.3 is 0 Å². The van der Waals surface area contributed by atoms with Crippen LogP contribution in [0.15, 0.2) is 36.4 Å². The zero-order valence-electron chi connectivity index (χ0n) is 14.9. The van der Waals surface area contributed by atoms with E-state index in [9.17, 15) is 9.18 Å². The van der Waals surface area contributed by atoms with Gasteiger partial charge in [0.1, 0.15) is 19.0 Å². The van der Waals surface area contributed by atoms with Crippen LogP contribution in [-0.2, 0) is 6.54 Å². The van der Waals surface area contributed by atoms with Crippen LogP contribution in [0.2, 0.25) is 5.02 Å². The Morgan fingerprint density at radius 3 is 2.59 bits per heavy atom. The molecule has 0 radical (unpaired) electrons. The Kier molecular flexibility index (Phi) is 5.32. The largest absolute Gasteiger partial charge is 0.486 e. The first kappa shape index (κ1) is 18.3. The summed E-state index contributed by atoms with van der Waals surface area (Å²) >= 11 is 6.12. The van der Waals surface area contributed by atoms with Gasteiger partial charge in [-0.3, -0.25) is 9.69 Å². The average Bonchev–Trinajstić information content (AvgIpc) is 2.70. The standard InChI is InChI=1S/C21H21ClFNO3/c22-17-2-1-3-18(23)16(17)13-24-8-6-14(7-9-24)21(25)15-4-5-19-20(12-15)27-11-10-26-19/h1-5,12,14H,6-11,13H2. The maximum absolute atomic E-state index is 14.0. The number of ether oxygens (including phenoxy) is 2. The van der Waals surface area contributed by atoms with Gasteiger partial charge in [0.25, 0.3) is 0 Å². The summed E-state index contributed by atoms with van der Waals surface area (Å²) in [7, 11) is 0. The van der Waals surface area contributed by atoms with Gasteiger partial charge in [0.2, 0.25) is 0 Å². The van der Waals surface area contributed by atoms with Crippen LogP contribution in [0, 0.1) is 11.7 Å². The molecular formula is C21H21ClFNO3. The second-order valence-corrected chi connectivity index (χ2v) is 7.38. The van der Waals surface area contributed by atoms with Crippen LogP contribution in [0.25, 0.3) is 0 Å². The number of hydrogen-bond acceptors (Lipinski definition) is 4. The van der Waals surface area contributed by atoms with E-state index in [0.29, 0.717) is 47.4 Å². The fourth-order valence-electron chi connectivity index (χ4n) is 3.69. The van der Waals surface area contributed by atoms with E-state index in [1.807, 2.05) is 0 Å². The number of hydrogen-bond donors (Lipinski definition) is 0. The Balaban J connectivity index is 1.38. The number of halogens is 2. The van der Waals surface area contributed by atoms with Crippen molar-refractivity contribution >= 4 is 17.4 Å². The summed E-state index contributed by atoms with van der Waals surface area (Å²) in [6.45, 7) is 2.99. The van der Waals surface area contributed by atoms with Gasteiger partial charge in [0.05, 0.1) is 0 Å². The van der Waals surface area contributed by atoms with Gasteiger partial charge in [-0.05, 0) is 56.3 Å². The van der Waals surface area contributed by atoms with Crippen molar-refractivity contribution in [1.82, 2.24) is 4.90 Å². The van der Waals surface area contributed by atoms with Gasteiger partial charge in [0, 0.05) is 28.6 Å². The van der Waals surface area contributed by atoms with Crippen molar-refractivity contribution in [2.24, 2.45) is 5.92 Å². The Morgan fingerprint density at radius 2 is 1.85 bits per heavy atom. The molecule has 2 aliphatic rings. The molecule has 6 heteroatoms. The van der Waals surface area contributed by atoms with Crippen molar-refractivity contribution in [3.63, 3.8) is 0 Å². The zero-order valence-corrected chi connectivity index (χ0v) is 15.7. The molecule has 0 bridgehead atoms. The van der Waals surface area contributed by atoms with E-state index in [2.05, 4.69) is 4.90 Å². The molecule has 0 spiro atoms. The van der Waals surface area contributed by atoms with Crippen molar-refractivity contribution in [3.8, 4) is 11.5 Å². The highest BCUT2D eigenvalue weighted by atomic mass is 35.5. The molecule has 2 aliphatic heterocycles. The molecule has 4 nitrogen and oxygen atoms in total. The van der Waals surface area contributed by atoms with Gasteiger partial charge in [-0.15, -0.1) is 0 Å². The van der Waals surface area contributed by atoms with E-state index in [1.165, 1.54) is 6.07 Å². The monoisotopic (exact) mass is 389 g/mol. The summed E-state index contributed by atoms with van der Waals surface area (Å²) in [5.41, 5.74) is 1.19. The molecule has 2 aromatic carbocycles. The van der Waals surface area contributed by atoms with E-state index < -0.39 is 0 Å². The molecule has 2 heterocycles. The second-order valence-electron chi connectivity index (χ2n) is 6.97. The summed E-state index contributed by atoms with van der Waals surface area (Å²) in [5, 5.41) is 0.449. The summed E-state index contributed by atoms with van der Waals surface area (Å²) < 4.78 is 25.1. The molecule has 142 valence electrons. The first-order valence-electron chi connectivity index (χ1n) is 9.21. The normalized spacial score (nSPS) is 17.7. The molecule has 0 atom stereocenters. The van der Waals surface area contributed by atoms with Crippen LogP contribution in [0.4, 0.5) is 4.39 Å². The summed E-state index contributed by atoms with van der Waals surface area (Å²) in [5.74, 6) is 1.15. The summed E-state index contributed by atoms with van der Waals surface area (Å²) in [4.78, 5) is 15.0. The van der Waals surface area contributed by atoms with E-state index in [4.69, 9.17) is 21.1 Å². The van der Waals surface area contributed by atoms with Crippen LogP contribution in [-0.4, -0.2) is 37.0 Å². The second kappa shape index (κ2) is 7.87. The Bertz CT molecular complexity index is 829. The fourth-order valence-corrected chi connectivity index (χ4v) is 3.92. The van der Waals surface area contributed by atoms with Gasteiger partial charge in [-0.1, -0.05) is 17.7 Å². The number of piperidine rings is 1. The van der Waals surface area contributed by atoms with Crippen LogP contribution in [0.1, 0.15) is 28.8 Å². The minimum absolute atomic E-state index is 0.0279. The highest BCUT2D eigenvalue weighted by Crippen LogP contribution is 2.33. The Labute approximate surface area is 162 Å².